The fourth-order valence-electron chi connectivity index (χ4n) is 1.39. The summed E-state index contributed by atoms with van der Waals surface area (Å²) >= 11 is 3.47. The Morgan fingerprint density at radius 3 is 2.87 bits per heavy atom. The summed E-state index contributed by atoms with van der Waals surface area (Å²) in [6.07, 6.45) is 4.02. The largest absolute Gasteiger partial charge is 0.350 e. The molecule has 1 saturated carbocycles. The average molecular weight is 269 g/mol. The molecular weight excluding hydrogens is 256 g/mol. The van der Waals surface area contributed by atoms with E-state index < -0.39 is 0 Å². The van der Waals surface area contributed by atoms with Crippen LogP contribution >= 0.6 is 15.9 Å². The number of carbonyl (C=O) groups is 1. The molecule has 1 fully saturated rings. The van der Waals surface area contributed by atoms with Gasteiger partial charge in [0.25, 0.3) is 5.91 Å². The van der Waals surface area contributed by atoms with Crippen LogP contribution in [-0.2, 0) is 0 Å². The predicted molar refractivity (Wildman–Crippen MR) is 62.0 cm³/mol. The van der Waals surface area contributed by atoms with E-state index in [9.17, 15) is 4.79 Å². The summed E-state index contributed by atoms with van der Waals surface area (Å²) in [6, 6.07) is 5.35. The molecule has 1 aromatic heterocycles. The molecule has 0 bridgehead atoms. The van der Waals surface area contributed by atoms with Crippen molar-refractivity contribution in [2.75, 3.05) is 11.9 Å². The molecule has 1 N–H and O–H groups in total. The van der Waals surface area contributed by atoms with Crippen molar-refractivity contribution in [3.63, 3.8) is 0 Å². The molecule has 2 rings (SSSR count). The first kappa shape index (κ1) is 10.6. The van der Waals surface area contributed by atoms with Crippen molar-refractivity contribution >= 4 is 21.8 Å². The van der Waals surface area contributed by atoms with E-state index in [1.54, 1.807) is 18.3 Å². The lowest BCUT2D eigenvalue weighted by atomic mass is 10.1. The maximum absolute atomic E-state index is 11.6. The van der Waals surface area contributed by atoms with E-state index in [4.69, 9.17) is 0 Å². The molecule has 15 heavy (non-hydrogen) atoms. The van der Waals surface area contributed by atoms with Gasteiger partial charge >= 0.3 is 0 Å². The van der Waals surface area contributed by atoms with Crippen LogP contribution in [0.1, 0.15) is 23.3 Å². The summed E-state index contributed by atoms with van der Waals surface area (Å²) in [5.74, 6) is -0.0807. The zero-order valence-electron chi connectivity index (χ0n) is 8.37. The molecule has 0 atom stereocenters. The molecule has 80 valence electrons. The lowest BCUT2D eigenvalue weighted by Crippen LogP contribution is -2.31. The van der Waals surface area contributed by atoms with Crippen LogP contribution < -0.4 is 5.32 Å². The topological polar surface area (TPSA) is 42.0 Å². The van der Waals surface area contributed by atoms with Crippen LogP contribution in [0.25, 0.3) is 0 Å². The van der Waals surface area contributed by atoms with Gasteiger partial charge in [0.15, 0.2) is 0 Å². The van der Waals surface area contributed by atoms with Gasteiger partial charge in [-0.1, -0.05) is 22.0 Å². The molecule has 0 unspecified atom stereocenters. The second-order valence-corrected chi connectivity index (χ2v) is 4.59. The Hall–Kier alpha value is -0.900. The summed E-state index contributed by atoms with van der Waals surface area (Å²) in [5, 5.41) is 3.88. The smallest absolute Gasteiger partial charge is 0.269 e. The molecule has 0 aromatic carbocycles. The maximum atomic E-state index is 11.6. The van der Waals surface area contributed by atoms with Gasteiger partial charge in [-0.3, -0.25) is 9.78 Å². The first-order valence-corrected chi connectivity index (χ1v) is 6.13. The first-order valence-electron chi connectivity index (χ1n) is 5.01. The molecule has 3 nitrogen and oxygen atoms in total. The molecule has 1 amide bonds. The van der Waals surface area contributed by atoms with Crippen molar-refractivity contribution in [2.45, 2.75) is 12.8 Å². The maximum Gasteiger partial charge on any atom is 0.269 e. The van der Waals surface area contributed by atoms with Crippen LogP contribution in [0.5, 0.6) is 0 Å². The van der Waals surface area contributed by atoms with Gasteiger partial charge in [0, 0.05) is 18.1 Å². The Morgan fingerprint density at radius 1 is 1.53 bits per heavy atom. The van der Waals surface area contributed by atoms with E-state index in [2.05, 4.69) is 26.2 Å². The zero-order valence-corrected chi connectivity index (χ0v) is 9.96. The van der Waals surface area contributed by atoms with Gasteiger partial charge in [0.05, 0.1) is 0 Å². The van der Waals surface area contributed by atoms with E-state index in [1.165, 1.54) is 12.8 Å². The van der Waals surface area contributed by atoms with Crippen LogP contribution in [-0.4, -0.2) is 22.8 Å². The Balaban J connectivity index is 1.88. The van der Waals surface area contributed by atoms with E-state index in [0.717, 1.165) is 11.9 Å². The summed E-state index contributed by atoms with van der Waals surface area (Å²) in [4.78, 5) is 15.6. The van der Waals surface area contributed by atoms with Crippen molar-refractivity contribution < 1.29 is 4.79 Å². The molecule has 1 heterocycles. The molecule has 1 aromatic rings. The monoisotopic (exact) mass is 268 g/mol. The molecule has 4 heteroatoms. The van der Waals surface area contributed by atoms with E-state index in [0.29, 0.717) is 11.1 Å². The minimum atomic E-state index is -0.0807. The van der Waals surface area contributed by atoms with Crippen LogP contribution in [0.3, 0.4) is 0 Å². The molecule has 1 aliphatic carbocycles. The summed E-state index contributed by atoms with van der Waals surface area (Å²) < 4.78 is 0. The fraction of sp³-hybridized carbons (Fsp3) is 0.455. The van der Waals surface area contributed by atoms with Crippen LogP contribution in [0, 0.1) is 5.41 Å². The normalized spacial score (nSPS) is 17.1. The molecule has 0 spiro atoms. The lowest BCUT2D eigenvalue weighted by molar-refractivity contribution is 0.0941. The van der Waals surface area contributed by atoms with Gasteiger partial charge < -0.3 is 5.32 Å². The number of amides is 1. The molecule has 1 aliphatic rings. The Morgan fingerprint density at radius 2 is 2.33 bits per heavy atom. The number of hydrogen-bond acceptors (Lipinski definition) is 2. The number of halogens is 1. The Kier molecular flexibility index (Phi) is 3.05. The number of alkyl halides is 1. The average Bonchev–Trinajstić information content (AvgIpc) is 3.08. The third-order valence-corrected chi connectivity index (χ3v) is 3.95. The van der Waals surface area contributed by atoms with E-state index >= 15 is 0 Å². The van der Waals surface area contributed by atoms with Gasteiger partial charge in [0.2, 0.25) is 0 Å². The van der Waals surface area contributed by atoms with E-state index in [-0.39, 0.29) is 5.91 Å². The van der Waals surface area contributed by atoms with Gasteiger partial charge in [-0.25, -0.2) is 0 Å². The lowest BCUT2D eigenvalue weighted by Gasteiger charge is -2.11. The van der Waals surface area contributed by atoms with Gasteiger partial charge in [-0.05, 0) is 30.4 Å². The summed E-state index contributed by atoms with van der Waals surface area (Å²) in [5.41, 5.74) is 0.799. The van der Waals surface area contributed by atoms with Crippen molar-refractivity contribution in [1.29, 1.82) is 0 Å². The van der Waals surface area contributed by atoms with Crippen LogP contribution in [0.15, 0.2) is 24.4 Å². The number of carbonyl (C=O) groups excluding carboxylic acids is 1. The highest BCUT2D eigenvalue weighted by Crippen LogP contribution is 2.46. The molecular formula is C11H13BrN2O. The van der Waals surface area contributed by atoms with Crippen molar-refractivity contribution in [1.82, 2.24) is 10.3 Å². The molecule has 0 aliphatic heterocycles. The standard InChI is InChI=1S/C11H13BrN2O/c12-7-11(4-5-11)8-14-10(15)9-3-1-2-6-13-9/h1-3,6H,4-5,7-8H2,(H,14,15). The number of pyridine rings is 1. The second kappa shape index (κ2) is 4.31. The fourth-order valence-corrected chi connectivity index (χ4v) is 2.15. The Bertz CT molecular complexity index is 349. The number of hydrogen-bond donors (Lipinski definition) is 1. The Labute approximate surface area is 97.4 Å². The van der Waals surface area contributed by atoms with Crippen molar-refractivity contribution in [3.05, 3.63) is 30.1 Å². The van der Waals surface area contributed by atoms with Gasteiger partial charge in [-0.15, -0.1) is 0 Å². The summed E-state index contributed by atoms with van der Waals surface area (Å²) in [6.45, 7) is 0.744. The second-order valence-electron chi connectivity index (χ2n) is 4.03. The van der Waals surface area contributed by atoms with Crippen LogP contribution in [0.4, 0.5) is 0 Å². The third kappa shape index (κ3) is 2.56. The SMILES string of the molecule is O=C(NCC1(CBr)CC1)c1ccccn1. The minimum Gasteiger partial charge on any atom is -0.350 e. The highest BCUT2D eigenvalue weighted by atomic mass is 79.9. The van der Waals surface area contributed by atoms with Gasteiger partial charge in [0.1, 0.15) is 5.69 Å². The molecule has 0 saturated heterocycles. The highest BCUT2D eigenvalue weighted by molar-refractivity contribution is 9.09. The van der Waals surface area contributed by atoms with Crippen LogP contribution in [0.2, 0.25) is 0 Å². The predicted octanol–water partition coefficient (Wildman–Crippen LogP) is 1.99. The number of aromatic nitrogens is 1. The number of nitrogens with zero attached hydrogens (tertiary/aromatic N) is 1. The molecule has 0 radical (unpaired) electrons. The van der Waals surface area contributed by atoms with Crippen molar-refractivity contribution in [2.24, 2.45) is 5.41 Å². The minimum absolute atomic E-state index is 0.0807. The highest BCUT2D eigenvalue weighted by Gasteiger charge is 2.41. The number of nitrogens with one attached hydrogen (secondary N) is 1. The zero-order chi connectivity index (χ0) is 10.7. The van der Waals surface area contributed by atoms with Gasteiger partial charge in [-0.2, -0.15) is 0 Å². The first-order chi connectivity index (χ1) is 7.26. The van der Waals surface area contributed by atoms with E-state index in [1.807, 2.05) is 6.07 Å². The number of rotatable bonds is 4. The van der Waals surface area contributed by atoms with Crippen molar-refractivity contribution in [3.8, 4) is 0 Å². The quantitative estimate of drug-likeness (QED) is 0.849. The third-order valence-electron chi connectivity index (χ3n) is 2.76. The summed E-state index contributed by atoms with van der Waals surface area (Å²) in [7, 11) is 0.